The maximum atomic E-state index is 12.5. The van der Waals surface area contributed by atoms with Gasteiger partial charge < -0.3 is 15.5 Å². The van der Waals surface area contributed by atoms with E-state index >= 15 is 0 Å². The number of amides is 1. The van der Waals surface area contributed by atoms with E-state index < -0.39 is 0 Å². The molecule has 0 spiro atoms. The Morgan fingerprint density at radius 1 is 1.22 bits per heavy atom. The molecule has 2 N–H and O–H groups in total. The Balaban J connectivity index is 1.40. The van der Waals surface area contributed by atoms with Crippen LogP contribution in [0.25, 0.3) is 0 Å². The van der Waals surface area contributed by atoms with E-state index in [0.717, 1.165) is 45.0 Å². The van der Waals surface area contributed by atoms with E-state index in [2.05, 4.69) is 63.6 Å². The van der Waals surface area contributed by atoms with Crippen LogP contribution in [0.5, 0.6) is 0 Å². The summed E-state index contributed by atoms with van der Waals surface area (Å²) in [6, 6.07) is 10.5. The third-order valence-corrected chi connectivity index (χ3v) is 5.42. The van der Waals surface area contributed by atoms with Crippen molar-refractivity contribution in [3.63, 3.8) is 0 Å². The van der Waals surface area contributed by atoms with Gasteiger partial charge in [-0.2, -0.15) is 11.3 Å². The van der Waals surface area contributed by atoms with Gasteiger partial charge in [0, 0.05) is 32.6 Å². The van der Waals surface area contributed by atoms with Crippen molar-refractivity contribution >= 4 is 23.2 Å². The van der Waals surface area contributed by atoms with Crippen molar-refractivity contribution in [2.45, 2.75) is 39.3 Å². The van der Waals surface area contributed by atoms with Crippen molar-refractivity contribution in [3.05, 3.63) is 57.8 Å². The highest BCUT2D eigenvalue weighted by molar-refractivity contribution is 7.07. The summed E-state index contributed by atoms with van der Waals surface area (Å²) >= 11 is 1.69. The molecule has 2 heterocycles. The first kappa shape index (κ1) is 19.4. The van der Waals surface area contributed by atoms with Gasteiger partial charge in [0.2, 0.25) is 5.91 Å². The number of nitrogens with zero attached hydrogens (tertiary/aromatic N) is 2. The number of guanidine groups is 1. The molecule has 1 aromatic carbocycles. The maximum absolute atomic E-state index is 12.5. The molecule has 0 fully saturated rings. The van der Waals surface area contributed by atoms with Crippen LogP contribution in [-0.2, 0) is 24.3 Å². The normalized spacial score (nSPS) is 14.0. The minimum absolute atomic E-state index is 0.242. The fourth-order valence-electron chi connectivity index (χ4n) is 3.21. The average Bonchev–Trinajstić information content (AvgIpc) is 3.22. The second kappa shape index (κ2) is 10.1. The Labute approximate surface area is 165 Å². The van der Waals surface area contributed by atoms with Crippen molar-refractivity contribution in [2.75, 3.05) is 19.6 Å². The molecule has 0 unspecified atom stereocenters. The lowest BCUT2D eigenvalue weighted by molar-refractivity contribution is -0.132. The first-order valence-electron chi connectivity index (χ1n) is 9.64. The summed E-state index contributed by atoms with van der Waals surface area (Å²) in [5, 5.41) is 10.8. The quantitative estimate of drug-likeness (QED) is 0.438. The van der Waals surface area contributed by atoms with Crippen LogP contribution in [0.4, 0.5) is 0 Å². The highest BCUT2D eigenvalue weighted by Gasteiger charge is 2.19. The largest absolute Gasteiger partial charge is 0.357 e. The number of rotatable bonds is 7. The Morgan fingerprint density at radius 3 is 2.85 bits per heavy atom. The van der Waals surface area contributed by atoms with Gasteiger partial charge in [-0.3, -0.25) is 4.79 Å². The summed E-state index contributed by atoms with van der Waals surface area (Å²) in [6.07, 6.45) is 2.33. The molecule has 3 rings (SSSR count). The average molecular weight is 385 g/mol. The van der Waals surface area contributed by atoms with Crippen molar-refractivity contribution in [2.24, 2.45) is 4.99 Å². The van der Waals surface area contributed by atoms with Crippen LogP contribution in [0.15, 0.2) is 46.1 Å². The third-order valence-electron chi connectivity index (χ3n) is 4.69. The molecule has 0 atom stereocenters. The molecular formula is C21H28N4OS. The van der Waals surface area contributed by atoms with Crippen LogP contribution >= 0.6 is 11.3 Å². The summed E-state index contributed by atoms with van der Waals surface area (Å²) in [4.78, 5) is 19.1. The lowest BCUT2D eigenvalue weighted by atomic mass is 9.99. The molecule has 0 radical (unpaired) electrons. The molecule has 1 amide bonds. The number of carbonyl (C=O) groups excluding carboxylic acids is 1. The Bertz CT molecular complexity index is 757. The molecule has 0 aliphatic carbocycles. The van der Waals surface area contributed by atoms with Gasteiger partial charge in [0.05, 0.1) is 6.54 Å². The van der Waals surface area contributed by atoms with E-state index in [9.17, 15) is 4.79 Å². The van der Waals surface area contributed by atoms with Crippen molar-refractivity contribution in [3.8, 4) is 0 Å². The number of nitrogens with one attached hydrogen (secondary N) is 2. The predicted octanol–water partition coefficient (Wildman–Crippen LogP) is 3.17. The molecule has 1 aliphatic heterocycles. The number of thiophene rings is 1. The highest BCUT2D eigenvalue weighted by atomic mass is 32.1. The third kappa shape index (κ3) is 5.82. The minimum atomic E-state index is 0.242. The second-order valence-corrected chi connectivity index (χ2v) is 7.47. The Morgan fingerprint density at radius 2 is 2.07 bits per heavy atom. The van der Waals surface area contributed by atoms with Crippen LogP contribution < -0.4 is 10.6 Å². The SMILES string of the molecule is CCNC(=NCc1ccsc1)NCCCC(=O)N1CCc2ccccc2C1. The number of hydrogen-bond acceptors (Lipinski definition) is 3. The molecule has 27 heavy (non-hydrogen) atoms. The van der Waals surface area contributed by atoms with Gasteiger partial charge >= 0.3 is 0 Å². The summed E-state index contributed by atoms with van der Waals surface area (Å²) in [6.45, 7) is 5.86. The number of benzene rings is 1. The van der Waals surface area contributed by atoms with Crippen LogP contribution in [0.3, 0.4) is 0 Å². The van der Waals surface area contributed by atoms with Crippen LogP contribution in [0, 0.1) is 0 Å². The molecule has 6 heteroatoms. The standard InChI is InChI=1S/C21H28N4OS/c1-2-22-21(24-14-17-10-13-27-16-17)23-11-5-8-20(26)25-12-9-18-6-3-4-7-19(18)15-25/h3-4,6-7,10,13,16H,2,5,8-9,11-12,14-15H2,1H3,(H2,22,23,24). The van der Waals surface area contributed by atoms with Gasteiger partial charge in [0.25, 0.3) is 0 Å². The van der Waals surface area contributed by atoms with E-state index in [4.69, 9.17) is 0 Å². The lowest BCUT2D eigenvalue weighted by Crippen LogP contribution is -2.39. The van der Waals surface area contributed by atoms with Crippen LogP contribution in [0.2, 0.25) is 0 Å². The van der Waals surface area contributed by atoms with E-state index in [1.807, 2.05) is 4.90 Å². The monoisotopic (exact) mass is 384 g/mol. The molecule has 144 valence electrons. The van der Waals surface area contributed by atoms with E-state index in [-0.39, 0.29) is 5.91 Å². The Kier molecular flexibility index (Phi) is 7.27. The van der Waals surface area contributed by atoms with E-state index in [1.165, 1.54) is 16.7 Å². The van der Waals surface area contributed by atoms with Gasteiger partial charge in [-0.05, 0) is 53.3 Å². The first-order chi connectivity index (χ1) is 13.3. The Hall–Kier alpha value is -2.34. The first-order valence-corrected chi connectivity index (χ1v) is 10.6. The number of fused-ring (bicyclic) bond motifs is 1. The molecule has 0 bridgehead atoms. The zero-order chi connectivity index (χ0) is 18.9. The van der Waals surface area contributed by atoms with Gasteiger partial charge in [-0.25, -0.2) is 4.99 Å². The zero-order valence-electron chi connectivity index (χ0n) is 15.9. The highest BCUT2D eigenvalue weighted by Crippen LogP contribution is 2.19. The van der Waals surface area contributed by atoms with Crippen LogP contribution in [0.1, 0.15) is 36.5 Å². The summed E-state index contributed by atoms with van der Waals surface area (Å²) < 4.78 is 0. The van der Waals surface area contributed by atoms with Crippen LogP contribution in [-0.4, -0.2) is 36.4 Å². The molecule has 0 saturated carbocycles. The number of aliphatic imine (C=N–C) groups is 1. The molecule has 5 nitrogen and oxygen atoms in total. The second-order valence-electron chi connectivity index (χ2n) is 6.69. The maximum Gasteiger partial charge on any atom is 0.222 e. The zero-order valence-corrected chi connectivity index (χ0v) is 16.7. The van der Waals surface area contributed by atoms with Gasteiger partial charge in [-0.15, -0.1) is 0 Å². The molecule has 2 aromatic rings. The topological polar surface area (TPSA) is 56.7 Å². The van der Waals surface area contributed by atoms with Crippen molar-refractivity contribution < 1.29 is 4.79 Å². The van der Waals surface area contributed by atoms with Gasteiger partial charge in [0.15, 0.2) is 5.96 Å². The molecule has 1 aromatic heterocycles. The smallest absolute Gasteiger partial charge is 0.222 e. The van der Waals surface area contributed by atoms with Crippen molar-refractivity contribution in [1.29, 1.82) is 0 Å². The number of hydrogen-bond donors (Lipinski definition) is 2. The summed E-state index contributed by atoms with van der Waals surface area (Å²) in [5.74, 6) is 1.05. The molecular weight excluding hydrogens is 356 g/mol. The minimum Gasteiger partial charge on any atom is -0.357 e. The summed E-state index contributed by atoms with van der Waals surface area (Å²) in [5.41, 5.74) is 3.88. The molecule has 1 aliphatic rings. The predicted molar refractivity (Wildman–Crippen MR) is 112 cm³/mol. The summed E-state index contributed by atoms with van der Waals surface area (Å²) in [7, 11) is 0. The fraction of sp³-hybridized carbons (Fsp3) is 0.429. The fourth-order valence-corrected chi connectivity index (χ4v) is 3.87. The van der Waals surface area contributed by atoms with Crippen molar-refractivity contribution in [1.82, 2.24) is 15.5 Å². The lowest BCUT2D eigenvalue weighted by Gasteiger charge is -2.29. The van der Waals surface area contributed by atoms with Gasteiger partial charge in [0.1, 0.15) is 0 Å². The van der Waals surface area contributed by atoms with Gasteiger partial charge in [-0.1, -0.05) is 24.3 Å². The number of carbonyl (C=O) groups is 1. The van der Waals surface area contributed by atoms with E-state index in [1.54, 1.807) is 11.3 Å². The molecule has 0 saturated heterocycles. The van der Waals surface area contributed by atoms with E-state index in [0.29, 0.717) is 13.0 Å².